The molecule has 4 rings (SSSR count). The summed E-state index contributed by atoms with van der Waals surface area (Å²) in [5, 5.41) is 10.7. The van der Waals surface area contributed by atoms with Crippen molar-refractivity contribution in [2.45, 2.75) is 29.9 Å². The first-order chi connectivity index (χ1) is 17.4. The Morgan fingerprint density at radius 1 is 1.00 bits per heavy atom. The number of carboxylic acids is 1. The van der Waals surface area contributed by atoms with E-state index < -0.39 is 36.3 Å². The van der Waals surface area contributed by atoms with E-state index in [4.69, 9.17) is 16.6 Å². The standard InChI is InChI=1S/C28H24AsClNO5S/c1-16-5-4-6-17(2)26(16)25-12-8-19-13-18(7-11-24(19)31-25)14-22(28(33)34)29-27(32)21-10-9-20(15-23(21)30)37(3,35)36/h4-13,15,22H,14H2,1-3H3,(H,33,34)/t22-/m0/s1. The van der Waals surface area contributed by atoms with Gasteiger partial charge in [0.2, 0.25) is 0 Å². The molecule has 0 bridgehead atoms. The number of aromatic nitrogens is 1. The number of rotatable bonds is 8. The fraction of sp³-hybridized carbons (Fsp3) is 0.179. The van der Waals surface area contributed by atoms with Crippen LogP contribution >= 0.6 is 11.6 Å². The van der Waals surface area contributed by atoms with Crippen LogP contribution in [-0.4, -0.2) is 51.1 Å². The summed E-state index contributed by atoms with van der Waals surface area (Å²) in [6, 6.07) is 19.6. The molecule has 6 nitrogen and oxygen atoms in total. The summed E-state index contributed by atoms with van der Waals surface area (Å²) in [5.74, 6) is -1.05. The van der Waals surface area contributed by atoms with Crippen molar-refractivity contribution in [3.8, 4) is 11.3 Å². The van der Waals surface area contributed by atoms with E-state index >= 15 is 0 Å². The molecule has 0 aliphatic rings. The molecule has 0 fully saturated rings. The predicted molar refractivity (Wildman–Crippen MR) is 146 cm³/mol. The first kappa shape index (κ1) is 27.1. The van der Waals surface area contributed by atoms with Gasteiger partial charge in [-0.25, -0.2) is 0 Å². The van der Waals surface area contributed by atoms with E-state index in [0.717, 1.165) is 45.1 Å². The number of aryl methyl sites for hydroxylation is 2. The summed E-state index contributed by atoms with van der Waals surface area (Å²) in [5.41, 5.74) is 6.01. The van der Waals surface area contributed by atoms with E-state index in [1.54, 1.807) is 0 Å². The maximum absolute atomic E-state index is 12.9. The van der Waals surface area contributed by atoms with Crippen LogP contribution in [0.2, 0.25) is 9.73 Å². The van der Waals surface area contributed by atoms with Crippen molar-refractivity contribution in [3.63, 3.8) is 0 Å². The third-order valence-corrected chi connectivity index (χ3v) is 10.00. The van der Waals surface area contributed by atoms with Crippen molar-refractivity contribution < 1.29 is 23.1 Å². The van der Waals surface area contributed by atoms with E-state index in [9.17, 15) is 23.1 Å². The molecule has 0 aliphatic heterocycles. The van der Waals surface area contributed by atoms with Crippen molar-refractivity contribution >= 4 is 58.6 Å². The number of sulfone groups is 1. The van der Waals surface area contributed by atoms with Crippen molar-refractivity contribution in [3.05, 3.63) is 94.0 Å². The molecule has 189 valence electrons. The average molecular weight is 597 g/mol. The van der Waals surface area contributed by atoms with Crippen LogP contribution in [0.4, 0.5) is 0 Å². The Balaban J connectivity index is 1.56. The van der Waals surface area contributed by atoms with E-state index in [1.165, 1.54) is 18.2 Å². The quantitative estimate of drug-likeness (QED) is 0.268. The molecule has 4 aromatic rings. The van der Waals surface area contributed by atoms with Gasteiger partial charge in [-0.15, -0.1) is 0 Å². The van der Waals surface area contributed by atoms with Gasteiger partial charge < -0.3 is 0 Å². The van der Waals surface area contributed by atoms with Crippen LogP contribution < -0.4 is 0 Å². The third-order valence-electron chi connectivity index (χ3n) is 6.08. The van der Waals surface area contributed by atoms with Gasteiger partial charge in [-0.1, -0.05) is 0 Å². The zero-order chi connectivity index (χ0) is 26.9. The Hall–Kier alpha value is -2.99. The molecule has 0 amide bonds. The molecule has 1 N–H and O–H groups in total. The van der Waals surface area contributed by atoms with Crippen molar-refractivity contribution in [2.24, 2.45) is 0 Å². The summed E-state index contributed by atoms with van der Waals surface area (Å²) in [6.07, 6.45) is 1.24. The molecule has 0 saturated carbocycles. The average Bonchev–Trinajstić information content (AvgIpc) is 2.82. The van der Waals surface area contributed by atoms with Gasteiger partial charge in [-0.3, -0.25) is 0 Å². The molecule has 0 saturated heterocycles. The number of carboxylic acid groups (broad SMARTS) is 1. The molecular weight excluding hydrogens is 573 g/mol. The summed E-state index contributed by atoms with van der Waals surface area (Å²) in [4.78, 5) is 29.7. The molecule has 0 aliphatic carbocycles. The normalized spacial score (nSPS) is 12.8. The Bertz CT molecular complexity index is 1630. The first-order valence-electron chi connectivity index (χ1n) is 11.4. The molecule has 37 heavy (non-hydrogen) atoms. The van der Waals surface area contributed by atoms with Crippen molar-refractivity contribution in [1.82, 2.24) is 4.98 Å². The zero-order valence-electron chi connectivity index (χ0n) is 20.4. The van der Waals surface area contributed by atoms with Gasteiger partial charge in [-0.05, 0) is 0 Å². The van der Waals surface area contributed by atoms with E-state index in [-0.39, 0.29) is 26.5 Å². The summed E-state index contributed by atoms with van der Waals surface area (Å²) >= 11 is 4.87. The van der Waals surface area contributed by atoms with Crippen LogP contribution in [0, 0.1) is 13.8 Å². The van der Waals surface area contributed by atoms with E-state index in [2.05, 4.69) is 26.0 Å². The third kappa shape index (κ3) is 6.12. The van der Waals surface area contributed by atoms with Gasteiger partial charge in [0.1, 0.15) is 0 Å². The van der Waals surface area contributed by atoms with Crippen molar-refractivity contribution in [2.75, 3.05) is 6.26 Å². The molecule has 9 heteroatoms. The summed E-state index contributed by atoms with van der Waals surface area (Å²) < 4.78 is 22.2. The van der Waals surface area contributed by atoms with Crippen LogP contribution in [0.1, 0.15) is 27.0 Å². The number of carbonyl (C=O) groups excluding carboxylic acids is 1. The van der Waals surface area contributed by atoms with Gasteiger partial charge >= 0.3 is 228 Å². The summed E-state index contributed by atoms with van der Waals surface area (Å²) in [7, 11) is -3.47. The summed E-state index contributed by atoms with van der Waals surface area (Å²) in [6.45, 7) is 4.11. The second-order valence-corrected chi connectivity index (χ2v) is 14.0. The number of carbonyl (C=O) groups is 2. The fourth-order valence-corrected chi connectivity index (χ4v) is 7.46. The number of pyridine rings is 1. The second-order valence-electron chi connectivity index (χ2n) is 8.90. The van der Waals surface area contributed by atoms with Gasteiger partial charge in [0.15, 0.2) is 0 Å². The molecule has 1 radical (unpaired) electrons. The minimum atomic E-state index is -3.47. The molecule has 1 atom stereocenters. The van der Waals surface area contributed by atoms with Gasteiger partial charge in [0.05, 0.1) is 0 Å². The predicted octanol–water partition coefficient (Wildman–Crippen LogP) is 5.54. The molecular formula is C28H24AsClNO5S. The molecule has 3 aromatic carbocycles. The molecule has 0 spiro atoms. The molecule has 1 aromatic heterocycles. The fourth-order valence-electron chi connectivity index (χ4n) is 4.18. The van der Waals surface area contributed by atoms with Crippen LogP contribution in [0.25, 0.3) is 22.2 Å². The maximum atomic E-state index is 12.9. The van der Waals surface area contributed by atoms with Crippen LogP contribution in [0.5, 0.6) is 0 Å². The molecule has 0 unspecified atom stereocenters. The number of hydrogen-bond acceptors (Lipinski definition) is 5. The number of fused-ring (bicyclic) bond motifs is 1. The minimum absolute atomic E-state index is 0.00356. The number of halogens is 1. The first-order valence-corrected chi connectivity index (χ1v) is 15.7. The topological polar surface area (TPSA) is 101 Å². The van der Waals surface area contributed by atoms with E-state index in [0.29, 0.717) is 0 Å². The second kappa shape index (κ2) is 10.8. The Morgan fingerprint density at radius 3 is 2.32 bits per heavy atom. The van der Waals surface area contributed by atoms with E-state index in [1.807, 2.05) is 36.4 Å². The zero-order valence-corrected chi connectivity index (χ0v) is 23.8. The van der Waals surface area contributed by atoms with Crippen LogP contribution in [-0.2, 0) is 21.1 Å². The Labute approximate surface area is 227 Å². The SMILES string of the molecule is Cc1cccc(C)c1-c1ccc2cc(C[C@H]([As]C(=O)c3ccc(S(C)(=O)=O)cc3Cl)C(=O)O)ccc2n1. The monoisotopic (exact) mass is 596 g/mol. The number of nitrogens with zero attached hydrogens (tertiary/aromatic N) is 1. The Morgan fingerprint density at radius 2 is 1.70 bits per heavy atom. The molecule has 1 heterocycles. The van der Waals surface area contributed by atoms with Gasteiger partial charge in [-0.2, -0.15) is 0 Å². The number of benzene rings is 3. The number of aliphatic carboxylic acids is 1. The Kier molecular flexibility index (Phi) is 7.88. The van der Waals surface area contributed by atoms with Crippen LogP contribution in [0.3, 0.4) is 0 Å². The number of hydrogen-bond donors (Lipinski definition) is 1. The van der Waals surface area contributed by atoms with Gasteiger partial charge in [0.25, 0.3) is 0 Å². The van der Waals surface area contributed by atoms with Gasteiger partial charge in [0, 0.05) is 0 Å². The van der Waals surface area contributed by atoms with Crippen molar-refractivity contribution in [1.29, 1.82) is 0 Å². The van der Waals surface area contributed by atoms with Crippen LogP contribution in [0.15, 0.2) is 71.6 Å².